The van der Waals surface area contributed by atoms with Crippen molar-refractivity contribution >= 4 is 17.2 Å². The number of likely N-dealkylation sites (tertiary alicyclic amines) is 2. The maximum absolute atomic E-state index is 13.3. The summed E-state index contributed by atoms with van der Waals surface area (Å²) < 4.78 is 13.3. The number of amides is 1. The minimum atomic E-state index is -0.165. The van der Waals surface area contributed by atoms with E-state index in [0.717, 1.165) is 51.1 Å². The van der Waals surface area contributed by atoms with E-state index in [9.17, 15) is 9.18 Å². The Hall–Kier alpha value is -2.50. The average molecular weight is 449 g/mol. The van der Waals surface area contributed by atoms with Crippen LogP contribution in [0.4, 0.5) is 4.39 Å². The highest BCUT2D eigenvalue weighted by Gasteiger charge is 2.38. The summed E-state index contributed by atoms with van der Waals surface area (Å²) in [5, 5.41) is 4.39. The van der Waals surface area contributed by atoms with Crippen LogP contribution in [-0.2, 0) is 0 Å². The summed E-state index contributed by atoms with van der Waals surface area (Å²) in [6.45, 7) is 4.74. The van der Waals surface area contributed by atoms with Crippen LogP contribution >= 0.6 is 11.3 Å². The van der Waals surface area contributed by atoms with E-state index >= 15 is 0 Å². The Morgan fingerprint density at radius 1 is 0.938 bits per heavy atom. The highest BCUT2D eigenvalue weighted by atomic mass is 32.1. The fraction of sp³-hybridized carbons (Fsp3) is 0.370. The lowest BCUT2D eigenvalue weighted by atomic mass is 9.87. The molecule has 2 saturated heterocycles. The molecule has 1 amide bonds. The number of nitrogens with zero attached hydrogens (tertiary/aromatic N) is 2. The number of carbonyl (C=O) groups excluding carboxylic acids is 1. The van der Waals surface area contributed by atoms with Crippen LogP contribution in [0, 0.1) is 11.7 Å². The summed E-state index contributed by atoms with van der Waals surface area (Å²) in [4.78, 5) is 17.7. The number of piperidine rings is 1. The number of hydrogen-bond acceptors (Lipinski definition) is 3. The first-order valence-corrected chi connectivity index (χ1v) is 12.5. The zero-order valence-electron chi connectivity index (χ0n) is 18.2. The van der Waals surface area contributed by atoms with Crippen molar-refractivity contribution in [3.8, 4) is 0 Å². The molecule has 0 radical (unpaired) electrons. The summed E-state index contributed by atoms with van der Waals surface area (Å²) in [6, 6.07) is 18.9. The lowest BCUT2D eigenvalue weighted by molar-refractivity contribution is 0.0781. The number of rotatable bonds is 5. The van der Waals surface area contributed by atoms with Crippen LogP contribution < -0.4 is 0 Å². The second-order valence-electron chi connectivity index (χ2n) is 9.13. The third kappa shape index (κ3) is 4.64. The van der Waals surface area contributed by atoms with E-state index in [1.54, 1.807) is 23.5 Å². The fourth-order valence-electron chi connectivity index (χ4n) is 5.36. The van der Waals surface area contributed by atoms with E-state index in [4.69, 9.17) is 0 Å². The van der Waals surface area contributed by atoms with Crippen LogP contribution in [0.2, 0.25) is 0 Å². The summed E-state index contributed by atoms with van der Waals surface area (Å²) in [5.41, 5.74) is 3.39. The third-order valence-electron chi connectivity index (χ3n) is 7.14. The zero-order chi connectivity index (χ0) is 21.9. The SMILES string of the molecule is O=C(c1ccccc1)N1CC(CN2CCC(c3ccc(F)cc3)CC2)[C@H](c2ccsc2)C1. The third-order valence-corrected chi connectivity index (χ3v) is 7.84. The van der Waals surface area contributed by atoms with Crippen LogP contribution in [0.15, 0.2) is 71.4 Å². The molecule has 2 fully saturated rings. The molecule has 0 aliphatic carbocycles. The molecule has 0 spiro atoms. The summed E-state index contributed by atoms with van der Waals surface area (Å²) in [6.07, 6.45) is 2.21. The molecule has 32 heavy (non-hydrogen) atoms. The van der Waals surface area contributed by atoms with Crippen molar-refractivity contribution in [2.24, 2.45) is 5.92 Å². The molecule has 3 heterocycles. The van der Waals surface area contributed by atoms with Gasteiger partial charge in [-0.3, -0.25) is 4.79 Å². The molecular formula is C27H29FN2OS. The van der Waals surface area contributed by atoms with Crippen molar-refractivity contribution in [1.29, 1.82) is 0 Å². The Morgan fingerprint density at radius 3 is 2.38 bits per heavy atom. The Balaban J connectivity index is 1.24. The molecule has 1 aromatic heterocycles. The normalized spacial score (nSPS) is 22.3. The van der Waals surface area contributed by atoms with Gasteiger partial charge in [-0.25, -0.2) is 4.39 Å². The molecule has 2 aliphatic heterocycles. The number of carbonyl (C=O) groups is 1. The molecule has 2 aliphatic rings. The Bertz CT molecular complexity index is 1010. The van der Waals surface area contributed by atoms with E-state index in [1.807, 2.05) is 47.4 Å². The first kappa shape index (κ1) is 21.4. The van der Waals surface area contributed by atoms with Gasteiger partial charge in [0.25, 0.3) is 5.91 Å². The number of thiophene rings is 1. The minimum Gasteiger partial charge on any atom is -0.338 e. The van der Waals surface area contributed by atoms with Crippen molar-refractivity contribution < 1.29 is 9.18 Å². The van der Waals surface area contributed by atoms with Gasteiger partial charge in [0.15, 0.2) is 0 Å². The van der Waals surface area contributed by atoms with Crippen molar-refractivity contribution in [1.82, 2.24) is 9.80 Å². The highest BCUT2D eigenvalue weighted by molar-refractivity contribution is 7.08. The van der Waals surface area contributed by atoms with Gasteiger partial charge in [-0.2, -0.15) is 11.3 Å². The fourth-order valence-corrected chi connectivity index (χ4v) is 6.09. The van der Waals surface area contributed by atoms with Gasteiger partial charge in [0, 0.05) is 31.1 Å². The molecule has 0 saturated carbocycles. The summed E-state index contributed by atoms with van der Waals surface area (Å²) in [5.74, 6) is 1.33. The Kier molecular flexibility index (Phi) is 6.37. The van der Waals surface area contributed by atoms with Crippen LogP contribution in [-0.4, -0.2) is 48.4 Å². The minimum absolute atomic E-state index is 0.142. The smallest absolute Gasteiger partial charge is 0.253 e. The molecule has 2 atom stereocenters. The van der Waals surface area contributed by atoms with Gasteiger partial charge in [0.1, 0.15) is 5.82 Å². The second-order valence-corrected chi connectivity index (χ2v) is 9.91. The van der Waals surface area contributed by atoms with Gasteiger partial charge in [-0.05, 0) is 90.0 Å². The maximum atomic E-state index is 13.3. The number of halogens is 1. The van der Waals surface area contributed by atoms with Gasteiger partial charge < -0.3 is 9.80 Å². The van der Waals surface area contributed by atoms with Gasteiger partial charge >= 0.3 is 0 Å². The average Bonchev–Trinajstić information content (AvgIpc) is 3.50. The molecule has 0 bridgehead atoms. The maximum Gasteiger partial charge on any atom is 0.253 e. The highest BCUT2D eigenvalue weighted by Crippen LogP contribution is 2.36. The molecular weight excluding hydrogens is 419 g/mol. The van der Waals surface area contributed by atoms with Crippen molar-refractivity contribution in [3.05, 3.63) is 93.9 Å². The van der Waals surface area contributed by atoms with Gasteiger partial charge in [0.05, 0.1) is 0 Å². The van der Waals surface area contributed by atoms with Crippen molar-refractivity contribution in [2.45, 2.75) is 24.7 Å². The topological polar surface area (TPSA) is 23.6 Å². The molecule has 166 valence electrons. The lowest BCUT2D eigenvalue weighted by Gasteiger charge is -2.34. The van der Waals surface area contributed by atoms with Gasteiger partial charge in [-0.1, -0.05) is 30.3 Å². The molecule has 1 unspecified atom stereocenters. The van der Waals surface area contributed by atoms with E-state index in [-0.39, 0.29) is 11.7 Å². The standard InChI is InChI=1S/C27H29FN2OS/c28-25-8-6-20(7-9-25)21-10-13-29(14-11-21)16-24-17-30(18-26(24)23-12-15-32-19-23)27(31)22-4-2-1-3-5-22/h1-9,12,15,19,21,24,26H,10-11,13-14,16-18H2/t24?,26-/m0/s1. The predicted molar refractivity (Wildman–Crippen MR) is 128 cm³/mol. The lowest BCUT2D eigenvalue weighted by Crippen LogP contribution is -2.38. The number of hydrogen-bond donors (Lipinski definition) is 0. The van der Waals surface area contributed by atoms with Crippen LogP contribution in [0.25, 0.3) is 0 Å². The van der Waals surface area contributed by atoms with Crippen LogP contribution in [0.5, 0.6) is 0 Å². The second kappa shape index (κ2) is 9.55. The quantitative estimate of drug-likeness (QED) is 0.506. The van der Waals surface area contributed by atoms with Crippen LogP contribution in [0.3, 0.4) is 0 Å². The van der Waals surface area contributed by atoms with E-state index in [0.29, 0.717) is 17.8 Å². The van der Waals surface area contributed by atoms with Crippen molar-refractivity contribution in [2.75, 3.05) is 32.7 Å². The number of benzene rings is 2. The molecule has 3 nitrogen and oxygen atoms in total. The first-order valence-electron chi connectivity index (χ1n) is 11.5. The van der Waals surface area contributed by atoms with E-state index in [2.05, 4.69) is 21.7 Å². The summed E-state index contributed by atoms with van der Waals surface area (Å²) in [7, 11) is 0. The monoisotopic (exact) mass is 448 g/mol. The predicted octanol–water partition coefficient (Wildman–Crippen LogP) is 5.62. The largest absolute Gasteiger partial charge is 0.338 e. The van der Waals surface area contributed by atoms with E-state index in [1.165, 1.54) is 11.1 Å². The first-order chi connectivity index (χ1) is 15.7. The Labute approximate surface area is 193 Å². The van der Waals surface area contributed by atoms with Gasteiger partial charge in [-0.15, -0.1) is 0 Å². The van der Waals surface area contributed by atoms with Crippen molar-refractivity contribution in [3.63, 3.8) is 0 Å². The molecule has 5 heteroatoms. The molecule has 0 N–H and O–H groups in total. The van der Waals surface area contributed by atoms with E-state index < -0.39 is 0 Å². The zero-order valence-corrected chi connectivity index (χ0v) is 19.0. The van der Waals surface area contributed by atoms with Gasteiger partial charge in [0.2, 0.25) is 0 Å². The summed E-state index contributed by atoms with van der Waals surface area (Å²) >= 11 is 1.74. The molecule has 2 aromatic carbocycles. The Morgan fingerprint density at radius 2 is 1.69 bits per heavy atom. The molecule has 3 aromatic rings. The van der Waals surface area contributed by atoms with Crippen LogP contribution in [0.1, 0.15) is 46.2 Å². The molecule has 5 rings (SSSR count).